The molecular weight excluding hydrogens is 264 g/mol. The van der Waals surface area contributed by atoms with E-state index in [1.54, 1.807) is 0 Å². The Morgan fingerprint density at radius 3 is 2.73 bits per heavy atom. The number of rotatable bonds is 1. The number of nitrogens with zero attached hydrogens (tertiary/aromatic N) is 1. The minimum absolute atomic E-state index is 0.189. The predicted molar refractivity (Wildman–Crippen MR) is 58.5 cm³/mol. The Morgan fingerprint density at radius 1 is 1.60 bits per heavy atom. The maximum atomic E-state index is 13.1. The number of amides is 1. The quantitative estimate of drug-likeness (QED) is 0.598. The van der Waals surface area contributed by atoms with Crippen LogP contribution in [0.1, 0.15) is 10.4 Å². The first-order valence-corrected chi connectivity index (χ1v) is 4.70. The second-order valence-electron chi connectivity index (χ2n) is 2.41. The summed E-state index contributed by atoms with van der Waals surface area (Å²) in [5.41, 5.74) is 4.88. The Hall–Kier alpha value is -0.980. The molecule has 0 unspecified atom stereocenters. The van der Waals surface area contributed by atoms with Gasteiger partial charge in [-0.15, -0.1) is 0 Å². The van der Waals surface area contributed by atoms with Crippen molar-refractivity contribution in [3.8, 4) is 0 Å². The molecule has 1 rings (SSSR count). The minimum Gasteiger partial charge on any atom is -0.376 e. The van der Waals surface area contributed by atoms with E-state index in [1.807, 2.05) is 0 Å². The van der Waals surface area contributed by atoms with Gasteiger partial charge in [0.1, 0.15) is 0 Å². The van der Waals surface area contributed by atoms with Gasteiger partial charge in [0.05, 0.1) is 10.6 Å². The molecule has 0 spiro atoms. The van der Waals surface area contributed by atoms with Crippen molar-refractivity contribution in [2.75, 3.05) is 0 Å². The number of thiocarbonyl (C=S) groups is 1. The summed E-state index contributed by atoms with van der Waals surface area (Å²) in [6, 6.07) is 0. The molecule has 1 heterocycles. The highest BCUT2D eigenvalue weighted by Gasteiger charge is 2.17. The summed E-state index contributed by atoms with van der Waals surface area (Å²) in [5, 5.41) is 1.00. The molecule has 1 aromatic heterocycles. The van der Waals surface area contributed by atoms with Gasteiger partial charge >= 0.3 is 0 Å². The number of nitrogens with one attached hydrogen (secondary N) is 1. The van der Waals surface area contributed by atoms with Crippen LogP contribution in [0.25, 0.3) is 0 Å². The standard InChI is InChI=1S/C7H4Cl2FN3OS/c8-3-2(6(14)13-7(11)15)1-12-5(9)4(3)10/h1H,(H3,11,13,14,15). The maximum Gasteiger partial charge on any atom is 0.260 e. The topological polar surface area (TPSA) is 68.0 Å². The summed E-state index contributed by atoms with van der Waals surface area (Å²) in [6.07, 6.45) is 1.03. The van der Waals surface area contributed by atoms with E-state index < -0.39 is 21.9 Å². The Bertz CT molecular complexity index is 440. The molecule has 0 aliphatic rings. The Balaban J connectivity index is 3.11. The molecule has 3 N–H and O–H groups in total. The van der Waals surface area contributed by atoms with Crippen molar-refractivity contribution in [2.45, 2.75) is 0 Å². The lowest BCUT2D eigenvalue weighted by Crippen LogP contribution is -2.35. The molecule has 8 heteroatoms. The number of nitrogens with two attached hydrogens (primary N) is 1. The van der Waals surface area contributed by atoms with Crippen LogP contribution in [0.5, 0.6) is 0 Å². The smallest absolute Gasteiger partial charge is 0.260 e. The first-order valence-electron chi connectivity index (χ1n) is 3.53. The van der Waals surface area contributed by atoms with Gasteiger partial charge in [-0.3, -0.25) is 10.1 Å². The number of hydrogen-bond acceptors (Lipinski definition) is 3. The van der Waals surface area contributed by atoms with E-state index in [4.69, 9.17) is 28.9 Å². The third-order valence-electron chi connectivity index (χ3n) is 1.40. The van der Waals surface area contributed by atoms with E-state index in [-0.39, 0.29) is 10.7 Å². The molecule has 0 saturated carbocycles. The molecule has 0 atom stereocenters. The molecule has 0 radical (unpaired) electrons. The predicted octanol–water partition coefficient (Wildman–Crippen LogP) is 1.50. The van der Waals surface area contributed by atoms with Gasteiger partial charge in [0.2, 0.25) is 0 Å². The molecule has 4 nitrogen and oxygen atoms in total. The van der Waals surface area contributed by atoms with Crippen molar-refractivity contribution in [2.24, 2.45) is 5.73 Å². The summed E-state index contributed by atoms with van der Waals surface area (Å²) >= 11 is 15.3. The van der Waals surface area contributed by atoms with Crippen LogP contribution >= 0.6 is 35.4 Å². The summed E-state index contributed by atoms with van der Waals surface area (Å²) in [6.45, 7) is 0. The highest BCUT2D eigenvalue weighted by atomic mass is 35.5. The first kappa shape index (κ1) is 12.1. The van der Waals surface area contributed by atoms with Crippen LogP contribution in [0.4, 0.5) is 4.39 Å². The highest BCUT2D eigenvalue weighted by molar-refractivity contribution is 7.80. The number of carbonyl (C=O) groups excluding carboxylic acids is 1. The fraction of sp³-hybridized carbons (Fsp3) is 0. The lowest BCUT2D eigenvalue weighted by Gasteiger charge is -2.05. The van der Waals surface area contributed by atoms with Crippen LogP contribution < -0.4 is 11.1 Å². The number of hydrogen-bond donors (Lipinski definition) is 2. The van der Waals surface area contributed by atoms with Crippen molar-refractivity contribution in [3.63, 3.8) is 0 Å². The lowest BCUT2D eigenvalue weighted by atomic mass is 10.2. The average molecular weight is 268 g/mol. The van der Waals surface area contributed by atoms with E-state index in [0.717, 1.165) is 6.20 Å². The zero-order chi connectivity index (χ0) is 11.6. The minimum atomic E-state index is -0.964. The molecule has 1 aromatic rings. The summed E-state index contributed by atoms with van der Waals surface area (Å²) in [4.78, 5) is 14.8. The number of halogens is 3. The molecule has 0 fully saturated rings. The van der Waals surface area contributed by atoms with Crippen LogP contribution in [0, 0.1) is 5.82 Å². The zero-order valence-corrected chi connectivity index (χ0v) is 9.38. The van der Waals surface area contributed by atoms with Gasteiger partial charge in [-0.1, -0.05) is 23.2 Å². The van der Waals surface area contributed by atoms with Gasteiger partial charge < -0.3 is 5.73 Å². The van der Waals surface area contributed by atoms with E-state index in [9.17, 15) is 9.18 Å². The Morgan fingerprint density at radius 2 is 2.20 bits per heavy atom. The average Bonchev–Trinajstić information content (AvgIpc) is 2.13. The summed E-state index contributed by atoms with van der Waals surface area (Å²) in [5.74, 6) is -1.70. The molecule has 0 aliphatic heterocycles. The molecule has 0 aliphatic carbocycles. The van der Waals surface area contributed by atoms with Gasteiger partial charge in [-0.2, -0.15) is 0 Å². The van der Waals surface area contributed by atoms with Crippen LogP contribution in [0.15, 0.2) is 6.20 Å². The fourth-order valence-corrected chi connectivity index (χ4v) is 1.29. The summed E-state index contributed by atoms with van der Waals surface area (Å²) in [7, 11) is 0. The number of carbonyl (C=O) groups is 1. The van der Waals surface area contributed by atoms with Crippen molar-refractivity contribution >= 4 is 46.4 Å². The van der Waals surface area contributed by atoms with Crippen LogP contribution in [-0.2, 0) is 0 Å². The Labute approximate surface area is 99.6 Å². The van der Waals surface area contributed by atoms with Crippen molar-refractivity contribution in [1.29, 1.82) is 0 Å². The van der Waals surface area contributed by atoms with Gasteiger partial charge in [-0.05, 0) is 12.2 Å². The van der Waals surface area contributed by atoms with Gasteiger partial charge in [-0.25, -0.2) is 9.37 Å². The van der Waals surface area contributed by atoms with Gasteiger partial charge in [0.25, 0.3) is 5.91 Å². The Kier molecular flexibility index (Phi) is 3.78. The SMILES string of the molecule is NC(=S)NC(=O)c1cnc(Cl)c(F)c1Cl. The van der Waals surface area contributed by atoms with Crippen LogP contribution in [0.2, 0.25) is 10.2 Å². The molecule has 0 aromatic carbocycles. The first-order chi connectivity index (χ1) is 6.93. The van der Waals surface area contributed by atoms with Crippen molar-refractivity contribution < 1.29 is 9.18 Å². The third-order valence-corrected chi connectivity index (χ3v) is 2.13. The van der Waals surface area contributed by atoms with E-state index >= 15 is 0 Å². The lowest BCUT2D eigenvalue weighted by molar-refractivity contribution is 0.0977. The molecule has 15 heavy (non-hydrogen) atoms. The van der Waals surface area contributed by atoms with E-state index in [1.165, 1.54) is 0 Å². The fourth-order valence-electron chi connectivity index (χ4n) is 0.781. The van der Waals surface area contributed by atoms with Gasteiger partial charge in [0, 0.05) is 6.20 Å². The van der Waals surface area contributed by atoms with Crippen LogP contribution in [0.3, 0.4) is 0 Å². The van der Waals surface area contributed by atoms with Crippen LogP contribution in [-0.4, -0.2) is 16.0 Å². The van der Waals surface area contributed by atoms with Crippen molar-refractivity contribution in [1.82, 2.24) is 10.3 Å². The molecule has 80 valence electrons. The third kappa shape index (κ3) is 2.74. The summed E-state index contributed by atoms with van der Waals surface area (Å²) < 4.78 is 13.1. The normalized spacial score (nSPS) is 9.80. The van der Waals surface area contributed by atoms with Gasteiger partial charge in [0.15, 0.2) is 16.1 Å². The largest absolute Gasteiger partial charge is 0.376 e. The monoisotopic (exact) mass is 267 g/mol. The molecule has 1 amide bonds. The van der Waals surface area contributed by atoms with Crippen molar-refractivity contribution in [3.05, 3.63) is 27.8 Å². The zero-order valence-electron chi connectivity index (χ0n) is 7.05. The number of pyridine rings is 1. The maximum absolute atomic E-state index is 13.1. The second kappa shape index (κ2) is 4.69. The highest BCUT2D eigenvalue weighted by Crippen LogP contribution is 2.23. The van der Waals surface area contributed by atoms with E-state index in [0.29, 0.717) is 0 Å². The second-order valence-corrected chi connectivity index (χ2v) is 3.58. The molecule has 0 saturated heterocycles. The molecule has 0 bridgehead atoms. The molecular formula is C7H4Cl2FN3OS. The van der Waals surface area contributed by atoms with E-state index in [2.05, 4.69) is 22.5 Å². The number of aromatic nitrogens is 1.